The second-order valence-corrected chi connectivity index (χ2v) is 10.9. The average molecular weight is 437 g/mol. The van der Waals surface area contributed by atoms with Gasteiger partial charge in [-0.1, -0.05) is 0 Å². The lowest BCUT2D eigenvalue weighted by Crippen LogP contribution is -2.57. The number of aliphatic imine (C=N–C) groups is 1. The Morgan fingerprint density at radius 3 is 2.67 bits per heavy atom. The molecule has 0 saturated carbocycles. The summed E-state index contributed by atoms with van der Waals surface area (Å²) in [5, 5.41) is 4.41. The van der Waals surface area contributed by atoms with Crippen LogP contribution in [0.3, 0.4) is 0 Å². The largest absolute Gasteiger partial charge is 0.497 e. The molecule has 3 rings (SSSR count). The first-order valence-corrected chi connectivity index (χ1v) is 11.8. The second-order valence-electron chi connectivity index (χ2n) is 8.16. The Balaban J connectivity index is 1.58. The Kier molecular flexibility index (Phi) is 6.50. The van der Waals surface area contributed by atoms with E-state index in [0.29, 0.717) is 13.1 Å². The number of benzene rings is 1. The summed E-state index contributed by atoms with van der Waals surface area (Å²) in [6, 6.07) is 5.96. The third-order valence-electron chi connectivity index (χ3n) is 5.65. The number of rotatable bonds is 6. The van der Waals surface area contributed by atoms with Gasteiger partial charge in [0, 0.05) is 49.9 Å². The molecular formula is C21H32N4O4S. The number of aromatic amines is 1. The van der Waals surface area contributed by atoms with Gasteiger partial charge in [0.25, 0.3) is 0 Å². The van der Waals surface area contributed by atoms with E-state index in [0.717, 1.165) is 53.4 Å². The molecule has 0 bridgehead atoms. The molecule has 1 aliphatic rings. The number of methoxy groups -OCH3 is 2. The molecule has 2 N–H and O–H groups in total. The minimum atomic E-state index is -3.07. The van der Waals surface area contributed by atoms with E-state index >= 15 is 0 Å². The van der Waals surface area contributed by atoms with Crippen LogP contribution in [0.2, 0.25) is 0 Å². The summed E-state index contributed by atoms with van der Waals surface area (Å²) in [7, 11) is 1.96. The van der Waals surface area contributed by atoms with Crippen LogP contribution in [0.4, 0.5) is 0 Å². The van der Waals surface area contributed by atoms with Crippen molar-refractivity contribution in [3.05, 3.63) is 23.9 Å². The second kappa shape index (κ2) is 8.75. The standard InChI is InChI=1S/C21H32N4O4S/c1-21(2)14-25(9-10-30(21,26)27)20(22-3)23-8-6-7-15-11-17-18(24-15)12-16(28-4)13-19(17)29-5/h11-13,24H,6-10,14H2,1-5H3,(H,22,23). The Bertz CT molecular complexity index is 1030. The van der Waals surface area contributed by atoms with Crippen LogP contribution in [0, 0.1) is 0 Å². The molecule has 1 aromatic heterocycles. The fourth-order valence-electron chi connectivity index (χ4n) is 3.79. The number of fused-ring (bicyclic) bond motifs is 1. The quantitative estimate of drug-likeness (QED) is 0.409. The van der Waals surface area contributed by atoms with Crippen molar-refractivity contribution in [1.29, 1.82) is 0 Å². The monoisotopic (exact) mass is 436 g/mol. The molecule has 0 unspecified atom stereocenters. The van der Waals surface area contributed by atoms with Crippen molar-refractivity contribution in [2.75, 3.05) is 46.7 Å². The van der Waals surface area contributed by atoms with Gasteiger partial charge < -0.3 is 24.7 Å². The first-order valence-electron chi connectivity index (χ1n) is 10.1. The van der Waals surface area contributed by atoms with Gasteiger partial charge >= 0.3 is 0 Å². The van der Waals surface area contributed by atoms with Gasteiger partial charge in [0.15, 0.2) is 15.8 Å². The van der Waals surface area contributed by atoms with Crippen molar-refractivity contribution in [3.8, 4) is 11.5 Å². The summed E-state index contributed by atoms with van der Waals surface area (Å²) in [5.41, 5.74) is 2.11. The summed E-state index contributed by atoms with van der Waals surface area (Å²) in [5.74, 6) is 2.44. The average Bonchev–Trinajstić information content (AvgIpc) is 3.12. The van der Waals surface area contributed by atoms with Crippen molar-refractivity contribution in [1.82, 2.24) is 15.2 Å². The molecule has 1 saturated heterocycles. The smallest absolute Gasteiger partial charge is 0.193 e. The van der Waals surface area contributed by atoms with Gasteiger partial charge in [-0.15, -0.1) is 0 Å². The van der Waals surface area contributed by atoms with Crippen molar-refractivity contribution in [2.45, 2.75) is 31.4 Å². The molecule has 30 heavy (non-hydrogen) atoms. The predicted octanol–water partition coefficient (Wildman–Crippen LogP) is 2.20. The summed E-state index contributed by atoms with van der Waals surface area (Å²) < 4.78 is 34.5. The molecular weight excluding hydrogens is 404 g/mol. The summed E-state index contributed by atoms with van der Waals surface area (Å²) in [6.45, 7) is 5.21. The number of guanidine groups is 1. The van der Waals surface area contributed by atoms with Crippen molar-refractivity contribution < 1.29 is 17.9 Å². The van der Waals surface area contributed by atoms with E-state index in [9.17, 15) is 8.42 Å². The number of nitrogens with one attached hydrogen (secondary N) is 2. The third-order valence-corrected chi connectivity index (χ3v) is 8.18. The number of aryl methyl sites for hydroxylation is 1. The predicted molar refractivity (Wildman–Crippen MR) is 121 cm³/mol. The first-order chi connectivity index (χ1) is 14.2. The van der Waals surface area contributed by atoms with Gasteiger partial charge in [-0.25, -0.2) is 8.42 Å². The molecule has 1 aliphatic heterocycles. The van der Waals surface area contributed by atoms with Crippen molar-refractivity contribution >= 4 is 26.7 Å². The van der Waals surface area contributed by atoms with Crippen LogP contribution in [-0.2, 0) is 16.3 Å². The molecule has 0 spiro atoms. The number of sulfone groups is 1. The Hall–Kier alpha value is -2.42. The topological polar surface area (TPSA) is 96.0 Å². The van der Waals surface area contributed by atoms with Crippen molar-refractivity contribution in [2.24, 2.45) is 4.99 Å². The molecule has 0 atom stereocenters. The Labute approximate surface area is 178 Å². The van der Waals surface area contributed by atoms with Gasteiger partial charge in [-0.05, 0) is 32.8 Å². The highest BCUT2D eigenvalue weighted by atomic mass is 32.2. The first kappa shape index (κ1) is 22.3. The van der Waals surface area contributed by atoms with Crippen LogP contribution in [-0.4, -0.2) is 75.7 Å². The zero-order chi connectivity index (χ0) is 21.9. The molecule has 0 aliphatic carbocycles. The number of hydrogen-bond donors (Lipinski definition) is 2. The van der Waals surface area contributed by atoms with Crippen molar-refractivity contribution in [3.63, 3.8) is 0 Å². The molecule has 1 aromatic carbocycles. The SMILES string of the molecule is CN=C(NCCCc1cc2c(OC)cc(OC)cc2[nH]1)N1CCS(=O)(=O)C(C)(C)C1. The van der Waals surface area contributed by atoms with E-state index < -0.39 is 14.6 Å². The van der Waals surface area contributed by atoms with Crippen LogP contribution in [0.1, 0.15) is 26.0 Å². The molecule has 0 amide bonds. The van der Waals surface area contributed by atoms with Gasteiger partial charge in [-0.2, -0.15) is 0 Å². The van der Waals surface area contributed by atoms with Crippen LogP contribution in [0.5, 0.6) is 11.5 Å². The maximum atomic E-state index is 12.2. The number of aromatic nitrogens is 1. The summed E-state index contributed by atoms with van der Waals surface area (Å²) in [4.78, 5) is 9.81. The number of nitrogens with zero attached hydrogens (tertiary/aromatic N) is 2. The molecule has 8 nitrogen and oxygen atoms in total. The van der Waals surface area contributed by atoms with E-state index in [1.165, 1.54) is 0 Å². The van der Waals surface area contributed by atoms with Gasteiger partial charge in [0.1, 0.15) is 11.5 Å². The highest BCUT2D eigenvalue weighted by Crippen LogP contribution is 2.31. The van der Waals surface area contributed by atoms with Crippen LogP contribution < -0.4 is 14.8 Å². The van der Waals surface area contributed by atoms with Gasteiger partial charge in [0.2, 0.25) is 0 Å². The lowest BCUT2D eigenvalue weighted by molar-refractivity contribution is 0.353. The fraction of sp³-hybridized carbons (Fsp3) is 0.571. The number of hydrogen-bond acceptors (Lipinski definition) is 5. The zero-order valence-electron chi connectivity index (χ0n) is 18.4. The Morgan fingerprint density at radius 1 is 1.27 bits per heavy atom. The number of H-pyrrole nitrogens is 1. The zero-order valence-corrected chi connectivity index (χ0v) is 19.2. The summed E-state index contributed by atoms with van der Waals surface area (Å²) >= 11 is 0. The lowest BCUT2D eigenvalue weighted by atomic mass is 10.2. The van der Waals surface area contributed by atoms with E-state index in [2.05, 4.69) is 21.4 Å². The molecule has 0 radical (unpaired) electrons. The molecule has 1 fully saturated rings. The lowest BCUT2D eigenvalue weighted by Gasteiger charge is -2.39. The van der Waals surface area contributed by atoms with E-state index in [-0.39, 0.29) is 5.75 Å². The fourth-order valence-corrected chi connectivity index (χ4v) is 5.16. The maximum absolute atomic E-state index is 12.2. The van der Waals surface area contributed by atoms with Gasteiger partial charge in [0.05, 0.1) is 30.2 Å². The third kappa shape index (κ3) is 4.50. The normalized spacial score (nSPS) is 18.4. The molecule has 2 heterocycles. The van der Waals surface area contributed by atoms with Crippen LogP contribution >= 0.6 is 0 Å². The molecule has 2 aromatic rings. The Morgan fingerprint density at radius 2 is 2.03 bits per heavy atom. The molecule has 166 valence electrons. The van der Waals surface area contributed by atoms with Gasteiger partial charge in [-0.3, -0.25) is 4.99 Å². The van der Waals surface area contributed by atoms with E-state index in [1.807, 2.05) is 17.0 Å². The van der Waals surface area contributed by atoms with E-state index in [1.54, 1.807) is 35.1 Å². The van der Waals surface area contributed by atoms with Crippen LogP contribution in [0.25, 0.3) is 10.9 Å². The van der Waals surface area contributed by atoms with Crippen LogP contribution in [0.15, 0.2) is 23.2 Å². The highest BCUT2D eigenvalue weighted by molar-refractivity contribution is 7.92. The molecule has 9 heteroatoms. The minimum absolute atomic E-state index is 0.154. The highest BCUT2D eigenvalue weighted by Gasteiger charge is 2.40. The van der Waals surface area contributed by atoms with E-state index in [4.69, 9.17) is 9.47 Å². The summed E-state index contributed by atoms with van der Waals surface area (Å²) in [6.07, 6.45) is 1.77. The maximum Gasteiger partial charge on any atom is 0.193 e. The minimum Gasteiger partial charge on any atom is -0.497 e. The number of ether oxygens (including phenoxy) is 2.